The maximum absolute atomic E-state index is 4.21. The second kappa shape index (κ2) is 13.7. The van der Waals surface area contributed by atoms with Gasteiger partial charge in [-0.05, 0) is 12.1 Å². The van der Waals surface area contributed by atoms with Crippen molar-refractivity contribution in [1.82, 2.24) is 4.65 Å². The van der Waals surface area contributed by atoms with Crippen LogP contribution in [0.4, 0.5) is 0 Å². The van der Waals surface area contributed by atoms with Gasteiger partial charge < -0.3 is 4.65 Å². The minimum Gasteiger partial charge on any atom is -0.359 e. The highest BCUT2D eigenvalue weighted by atomic mass is 28.4. The molecule has 0 aromatic heterocycles. The third-order valence-electron chi connectivity index (χ3n) is 4.84. The maximum Gasteiger partial charge on any atom is 0.116 e. The Hall–Kier alpha value is 0.394. The smallest absolute Gasteiger partial charge is 0.116 e. The van der Waals surface area contributed by atoms with E-state index >= 15 is 0 Å². The molecule has 0 bridgehead atoms. The molecule has 140 valence electrons. The number of nitrogens with one attached hydrogen (secondary N) is 1. The van der Waals surface area contributed by atoms with Crippen LogP contribution >= 0.6 is 0 Å². The van der Waals surface area contributed by atoms with E-state index in [0.717, 1.165) is 0 Å². The van der Waals surface area contributed by atoms with E-state index < -0.39 is 16.5 Å². The molecule has 0 aliphatic rings. The monoisotopic (exact) mass is 357 g/mol. The van der Waals surface area contributed by atoms with Gasteiger partial charge >= 0.3 is 0 Å². The average Bonchev–Trinajstić information content (AvgIpc) is 2.44. The van der Waals surface area contributed by atoms with Crippen LogP contribution in [0.2, 0.25) is 38.3 Å². The van der Waals surface area contributed by atoms with Gasteiger partial charge in [-0.2, -0.15) is 0 Å². The number of hydrogen-bond donors (Lipinski definition) is 1. The van der Waals surface area contributed by atoms with Gasteiger partial charge in [-0.25, -0.2) is 0 Å². The summed E-state index contributed by atoms with van der Waals surface area (Å²) in [5.74, 6) is 0. The zero-order chi connectivity index (χ0) is 17.6. The van der Waals surface area contributed by atoms with Gasteiger partial charge in [0.2, 0.25) is 0 Å². The lowest BCUT2D eigenvalue weighted by atomic mass is 10.1. The van der Waals surface area contributed by atoms with Crippen molar-refractivity contribution >= 4 is 16.5 Å². The molecule has 0 aliphatic carbocycles. The highest BCUT2D eigenvalue weighted by Crippen LogP contribution is 2.23. The van der Waals surface area contributed by atoms with Gasteiger partial charge in [0.1, 0.15) is 16.5 Å². The number of rotatable bonds is 16. The fraction of sp³-hybridized carbons (Fsp3) is 1.00. The molecule has 0 atom stereocenters. The van der Waals surface area contributed by atoms with Crippen molar-refractivity contribution in [2.24, 2.45) is 0 Å². The van der Waals surface area contributed by atoms with E-state index in [0.29, 0.717) is 0 Å². The van der Waals surface area contributed by atoms with E-state index in [2.05, 4.69) is 44.7 Å². The zero-order valence-electron chi connectivity index (χ0n) is 17.4. The quantitative estimate of drug-likeness (QED) is 0.220. The van der Waals surface area contributed by atoms with Crippen LogP contribution < -0.4 is 4.65 Å². The SMILES string of the molecule is CCCCCCCC[Si](C)(CCCCCCCC)N[Si](C)(C)C. The third kappa shape index (κ3) is 15.7. The molecule has 0 saturated carbocycles. The van der Waals surface area contributed by atoms with Gasteiger partial charge in [0.15, 0.2) is 0 Å². The fourth-order valence-corrected chi connectivity index (χ4v) is 14.3. The molecule has 0 unspecified atom stereocenters. The van der Waals surface area contributed by atoms with E-state index in [1.165, 1.54) is 89.1 Å². The standard InChI is InChI=1S/C20H47NSi2/c1-7-9-11-13-15-17-19-23(6,21-22(3,4)5)20-18-16-14-12-10-8-2/h21H,7-20H2,1-6H3. The highest BCUT2D eigenvalue weighted by Gasteiger charge is 2.31. The Bertz CT molecular complexity index is 245. The molecule has 0 saturated heterocycles. The fourth-order valence-electron chi connectivity index (χ4n) is 3.75. The van der Waals surface area contributed by atoms with Crippen LogP contribution in [0.1, 0.15) is 90.9 Å². The Morgan fingerprint density at radius 1 is 0.522 bits per heavy atom. The molecule has 0 amide bonds. The van der Waals surface area contributed by atoms with Crippen molar-refractivity contribution in [3.05, 3.63) is 0 Å². The molecule has 0 aromatic carbocycles. The average molecular weight is 358 g/mol. The summed E-state index contributed by atoms with van der Waals surface area (Å²) in [5.41, 5.74) is 0. The first-order valence-corrected chi connectivity index (χ1v) is 17.0. The predicted octanol–water partition coefficient (Wildman–Crippen LogP) is 7.71. The van der Waals surface area contributed by atoms with Crippen LogP contribution in [0.5, 0.6) is 0 Å². The summed E-state index contributed by atoms with van der Waals surface area (Å²) >= 11 is 0. The molecule has 3 heteroatoms. The van der Waals surface area contributed by atoms with Crippen LogP contribution in [-0.4, -0.2) is 16.5 Å². The van der Waals surface area contributed by atoms with Gasteiger partial charge in [-0.15, -0.1) is 0 Å². The normalized spacial score (nSPS) is 12.8. The lowest BCUT2D eigenvalue weighted by molar-refractivity contribution is 0.613. The van der Waals surface area contributed by atoms with Gasteiger partial charge in [0.25, 0.3) is 0 Å². The highest BCUT2D eigenvalue weighted by molar-refractivity contribution is 6.91. The molecule has 0 aromatic rings. The van der Waals surface area contributed by atoms with Crippen molar-refractivity contribution in [2.45, 2.75) is 129 Å². The second-order valence-electron chi connectivity index (χ2n) is 8.97. The van der Waals surface area contributed by atoms with Crippen LogP contribution in [0, 0.1) is 0 Å². The third-order valence-corrected chi connectivity index (χ3v) is 13.2. The molecule has 0 fully saturated rings. The minimum atomic E-state index is -1.21. The topological polar surface area (TPSA) is 12.0 Å². The largest absolute Gasteiger partial charge is 0.359 e. The first-order chi connectivity index (χ1) is 10.8. The molecule has 1 nitrogen and oxygen atoms in total. The van der Waals surface area contributed by atoms with Crippen LogP contribution in [0.25, 0.3) is 0 Å². The summed E-state index contributed by atoms with van der Waals surface area (Å²) < 4.78 is 4.21. The Labute approximate surface area is 150 Å². The summed E-state index contributed by atoms with van der Waals surface area (Å²) in [5, 5.41) is 0. The van der Waals surface area contributed by atoms with E-state index in [4.69, 9.17) is 0 Å². The van der Waals surface area contributed by atoms with Crippen molar-refractivity contribution in [3.8, 4) is 0 Å². The maximum atomic E-state index is 4.21. The summed E-state index contributed by atoms with van der Waals surface area (Å²) in [7, 11) is -2.35. The van der Waals surface area contributed by atoms with Gasteiger partial charge in [-0.3, -0.25) is 0 Å². The lowest BCUT2D eigenvalue weighted by Gasteiger charge is -2.35. The minimum absolute atomic E-state index is 1.14. The van der Waals surface area contributed by atoms with E-state index in [9.17, 15) is 0 Å². The van der Waals surface area contributed by atoms with Crippen LogP contribution in [0.15, 0.2) is 0 Å². The van der Waals surface area contributed by atoms with Crippen molar-refractivity contribution in [2.75, 3.05) is 0 Å². The lowest BCUT2D eigenvalue weighted by Crippen LogP contribution is -2.59. The predicted molar refractivity (Wildman–Crippen MR) is 114 cm³/mol. The Balaban J connectivity index is 4.09. The summed E-state index contributed by atoms with van der Waals surface area (Å²) in [4.78, 5) is 0. The number of unbranched alkanes of at least 4 members (excludes halogenated alkanes) is 10. The van der Waals surface area contributed by atoms with E-state index in [1.807, 2.05) is 0 Å². The van der Waals surface area contributed by atoms with Gasteiger partial charge in [0, 0.05) is 0 Å². The second-order valence-corrected chi connectivity index (χ2v) is 18.6. The zero-order valence-corrected chi connectivity index (χ0v) is 19.4. The van der Waals surface area contributed by atoms with E-state index in [-0.39, 0.29) is 0 Å². The van der Waals surface area contributed by atoms with Crippen LogP contribution in [-0.2, 0) is 0 Å². The molecule has 1 N–H and O–H groups in total. The summed E-state index contributed by atoms with van der Waals surface area (Å²) in [6.45, 7) is 14.7. The van der Waals surface area contributed by atoms with Crippen molar-refractivity contribution < 1.29 is 0 Å². The Morgan fingerprint density at radius 3 is 1.22 bits per heavy atom. The van der Waals surface area contributed by atoms with E-state index in [1.54, 1.807) is 0 Å². The summed E-state index contributed by atoms with van der Waals surface area (Å²) in [6, 6.07) is 3.02. The van der Waals surface area contributed by atoms with Gasteiger partial charge in [0.05, 0.1) is 0 Å². The van der Waals surface area contributed by atoms with Crippen LogP contribution in [0.3, 0.4) is 0 Å². The molecular weight excluding hydrogens is 310 g/mol. The number of hydrogen-bond acceptors (Lipinski definition) is 1. The molecular formula is C20H47NSi2. The Kier molecular flexibility index (Phi) is 13.9. The summed E-state index contributed by atoms with van der Waals surface area (Å²) in [6.07, 6.45) is 17.3. The molecule has 23 heavy (non-hydrogen) atoms. The molecule has 0 aliphatic heterocycles. The molecule has 0 rings (SSSR count). The molecule has 0 radical (unpaired) electrons. The first kappa shape index (κ1) is 23.4. The van der Waals surface area contributed by atoms with Gasteiger partial charge in [-0.1, -0.05) is 117 Å². The first-order valence-electron chi connectivity index (χ1n) is 10.6. The molecule has 0 heterocycles. The Morgan fingerprint density at radius 2 is 0.870 bits per heavy atom. The van der Waals surface area contributed by atoms with Crippen molar-refractivity contribution in [1.29, 1.82) is 0 Å². The van der Waals surface area contributed by atoms with Crippen molar-refractivity contribution in [3.63, 3.8) is 0 Å². The molecule has 0 spiro atoms.